The molecule has 1 aromatic rings. The fourth-order valence-electron chi connectivity index (χ4n) is 1.42. The number of hydrogen-bond acceptors (Lipinski definition) is 4. The van der Waals surface area contributed by atoms with Crippen molar-refractivity contribution >= 4 is 27.8 Å². The lowest BCUT2D eigenvalue weighted by Crippen LogP contribution is -2.46. The van der Waals surface area contributed by atoms with Crippen molar-refractivity contribution in [2.75, 3.05) is 0 Å². The van der Waals surface area contributed by atoms with Gasteiger partial charge in [-0.15, -0.1) is 0 Å². The summed E-state index contributed by atoms with van der Waals surface area (Å²) in [5.41, 5.74) is -0.398. The molecule has 6 heteroatoms. The Balaban J connectivity index is 2.75. The number of halogens is 1. The zero-order valence-corrected chi connectivity index (χ0v) is 13.4. The van der Waals surface area contributed by atoms with E-state index in [1.165, 1.54) is 19.1 Å². The molecule has 0 radical (unpaired) electrons. The van der Waals surface area contributed by atoms with E-state index in [9.17, 15) is 14.7 Å². The highest BCUT2D eigenvalue weighted by atomic mass is 79.9. The van der Waals surface area contributed by atoms with Crippen LogP contribution in [0.4, 0.5) is 0 Å². The molecule has 0 aromatic heterocycles. The van der Waals surface area contributed by atoms with Crippen LogP contribution in [0.15, 0.2) is 22.7 Å². The van der Waals surface area contributed by atoms with Crippen LogP contribution in [0, 0.1) is 0 Å². The lowest BCUT2D eigenvalue weighted by atomic mass is 10.1. The van der Waals surface area contributed by atoms with Crippen LogP contribution in [0.1, 0.15) is 38.1 Å². The van der Waals surface area contributed by atoms with Crippen molar-refractivity contribution in [3.63, 3.8) is 0 Å². The van der Waals surface area contributed by atoms with Crippen molar-refractivity contribution in [2.24, 2.45) is 0 Å². The standard InChI is InChI=1S/C14H18BrNO4/c1-8(12(18)16-14(2,3)4)20-13(19)10-7-9(15)5-6-11(10)17/h5-8,17H,1-4H3,(H,16,18). The molecule has 0 aliphatic heterocycles. The van der Waals surface area contributed by atoms with Crippen molar-refractivity contribution in [2.45, 2.75) is 39.3 Å². The molecule has 5 nitrogen and oxygen atoms in total. The van der Waals surface area contributed by atoms with Crippen LogP contribution in [-0.2, 0) is 9.53 Å². The summed E-state index contributed by atoms with van der Waals surface area (Å²) in [5, 5.41) is 12.3. The van der Waals surface area contributed by atoms with Gasteiger partial charge in [0.05, 0.1) is 0 Å². The first-order chi connectivity index (χ1) is 9.10. The van der Waals surface area contributed by atoms with E-state index >= 15 is 0 Å². The highest BCUT2D eigenvalue weighted by Gasteiger charge is 2.24. The van der Waals surface area contributed by atoms with Crippen molar-refractivity contribution in [1.29, 1.82) is 0 Å². The number of aromatic hydroxyl groups is 1. The smallest absolute Gasteiger partial charge is 0.342 e. The van der Waals surface area contributed by atoms with E-state index in [4.69, 9.17) is 4.74 Å². The van der Waals surface area contributed by atoms with Gasteiger partial charge in [0.25, 0.3) is 5.91 Å². The van der Waals surface area contributed by atoms with Gasteiger partial charge in [0.1, 0.15) is 11.3 Å². The highest BCUT2D eigenvalue weighted by Crippen LogP contribution is 2.23. The predicted molar refractivity (Wildman–Crippen MR) is 78.6 cm³/mol. The fourth-order valence-corrected chi connectivity index (χ4v) is 1.78. The number of rotatable bonds is 3. The second kappa shape index (κ2) is 6.26. The lowest BCUT2D eigenvalue weighted by molar-refractivity contribution is -0.130. The van der Waals surface area contributed by atoms with E-state index in [1.807, 2.05) is 20.8 Å². The Labute approximate surface area is 126 Å². The van der Waals surface area contributed by atoms with Crippen LogP contribution < -0.4 is 5.32 Å². The molecule has 0 bridgehead atoms. The highest BCUT2D eigenvalue weighted by molar-refractivity contribution is 9.10. The third kappa shape index (κ3) is 4.85. The molecule has 110 valence electrons. The van der Waals surface area contributed by atoms with Crippen LogP contribution in [0.25, 0.3) is 0 Å². The summed E-state index contributed by atoms with van der Waals surface area (Å²) in [6.45, 7) is 6.98. The number of amides is 1. The third-order valence-electron chi connectivity index (χ3n) is 2.33. The molecule has 0 aliphatic rings. The maximum absolute atomic E-state index is 11.9. The van der Waals surface area contributed by atoms with E-state index in [1.54, 1.807) is 6.07 Å². The van der Waals surface area contributed by atoms with Gasteiger partial charge < -0.3 is 15.2 Å². The summed E-state index contributed by atoms with van der Waals surface area (Å²) >= 11 is 3.20. The lowest BCUT2D eigenvalue weighted by Gasteiger charge is -2.23. The van der Waals surface area contributed by atoms with Gasteiger partial charge in [0, 0.05) is 10.0 Å². The molecule has 0 saturated heterocycles. The quantitative estimate of drug-likeness (QED) is 0.827. The summed E-state index contributed by atoms with van der Waals surface area (Å²) in [7, 11) is 0. The molecule has 1 amide bonds. The summed E-state index contributed by atoms with van der Waals surface area (Å²) in [5.74, 6) is -1.33. The monoisotopic (exact) mass is 343 g/mol. The molecule has 2 N–H and O–H groups in total. The number of hydrogen-bond donors (Lipinski definition) is 2. The van der Waals surface area contributed by atoms with Crippen LogP contribution in [0.3, 0.4) is 0 Å². The normalized spacial score (nSPS) is 12.7. The van der Waals surface area contributed by atoms with Crippen molar-refractivity contribution in [3.05, 3.63) is 28.2 Å². The Kier molecular flexibility index (Phi) is 5.16. The number of carbonyl (C=O) groups excluding carboxylic acids is 2. The number of carbonyl (C=O) groups is 2. The van der Waals surface area contributed by atoms with Gasteiger partial charge in [-0.05, 0) is 45.9 Å². The number of nitrogens with one attached hydrogen (secondary N) is 1. The van der Waals surface area contributed by atoms with Crippen molar-refractivity contribution in [1.82, 2.24) is 5.32 Å². The Morgan fingerprint density at radius 2 is 1.95 bits per heavy atom. The fraction of sp³-hybridized carbons (Fsp3) is 0.429. The van der Waals surface area contributed by atoms with Gasteiger partial charge in [-0.1, -0.05) is 15.9 Å². The molecular weight excluding hydrogens is 326 g/mol. The largest absolute Gasteiger partial charge is 0.507 e. The first kappa shape index (κ1) is 16.5. The summed E-state index contributed by atoms with van der Waals surface area (Å²) in [4.78, 5) is 23.7. The minimum Gasteiger partial charge on any atom is -0.507 e. The second-order valence-electron chi connectivity index (χ2n) is 5.45. The maximum atomic E-state index is 11.9. The minimum atomic E-state index is -0.944. The van der Waals surface area contributed by atoms with E-state index in [2.05, 4.69) is 21.2 Å². The average Bonchev–Trinajstić information content (AvgIpc) is 2.29. The van der Waals surface area contributed by atoms with Crippen LogP contribution in [0.2, 0.25) is 0 Å². The average molecular weight is 344 g/mol. The molecular formula is C14H18BrNO4. The Morgan fingerprint density at radius 1 is 1.35 bits per heavy atom. The number of phenolic OH excluding ortho intramolecular Hbond substituents is 1. The molecule has 0 saturated carbocycles. The van der Waals surface area contributed by atoms with Crippen LogP contribution in [-0.4, -0.2) is 28.6 Å². The van der Waals surface area contributed by atoms with Crippen molar-refractivity contribution in [3.8, 4) is 5.75 Å². The van der Waals surface area contributed by atoms with Gasteiger partial charge in [0.2, 0.25) is 0 Å². The Hall–Kier alpha value is -1.56. The Bertz CT molecular complexity index is 522. The molecule has 1 unspecified atom stereocenters. The van der Waals surface area contributed by atoms with Gasteiger partial charge in [0.15, 0.2) is 6.10 Å². The minimum absolute atomic E-state index is 0.00906. The number of phenols is 1. The van der Waals surface area contributed by atoms with E-state index in [-0.39, 0.29) is 17.2 Å². The van der Waals surface area contributed by atoms with Crippen LogP contribution in [0.5, 0.6) is 5.75 Å². The first-order valence-electron chi connectivity index (χ1n) is 6.11. The summed E-state index contributed by atoms with van der Waals surface area (Å²) < 4.78 is 5.68. The molecule has 1 aromatic carbocycles. The van der Waals surface area contributed by atoms with Gasteiger partial charge >= 0.3 is 5.97 Å². The zero-order chi connectivity index (χ0) is 15.5. The molecule has 0 spiro atoms. The third-order valence-corrected chi connectivity index (χ3v) is 2.82. The molecule has 0 heterocycles. The van der Waals surface area contributed by atoms with Gasteiger partial charge in [-0.3, -0.25) is 4.79 Å². The Morgan fingerprint density at radius 3 is 2.50 bits per heavy atom. The molecule has 0 fully saturated rings. The van der Waals surface area contributed by atoms with Gasteiger partial charge in [-0.2, -0.15) is 0 Å². The summed E-state index contributed by atoms with van der Waals surface area (Å²) in [6, 6.07) is 4.41. The molecule has 1 atom stereocenters. The zero-order valence-electron chi connectivity index (χ0n) is 11.9. The first-order valence-corrected chi connectivity index (χ1v) is 6.91. The van der Waals surface area contributed by atoms with E-state index in [0.29, 0.717) is 4.47 Å². The SMILES string of the molecule is CC(OC(=O)c1cc(Br)ccc1O)C(=O)NC(C)(C)C. The topological polar surface area (TPSA) is 75.6 Å². The number of esters is 1. The second-order valence-corrected chi connectivity index (χ2v) is 6.36. The summed E-state index contributed by atoms with van der Waals surface area (Å²) in [6.07, 6.45) is -0.944. The maximum Gasteiger partial charge on any atom is 0.342 e. The van der Waals surface area contributed by atoms with E-state index < -0.39 is 17.6 Å². The van der Waals surface area contributed by atoms with Crippen LogP contribution >= 0.6 is 15.9 Å². The number of ether oxygens (including phenoxy) is 1. The molecule has 0 aliphatic carbocycles. The predicted octanol–water partition coefficient (Wildman–Crippen LogP) is 2.61. The van der Waals surface area contributed by atoms with Crippen molar-refractivity contribution < 1.29 is 19.4 Å². The number of benzene rings is 1. The molecule has 20 heavy (non-hydrogen) atoms. The van der Waals surface area contributed by atoms with E-state index in [0.717, 1.165) is 0 Å². The molecule has 1 rings (SSSR count). The van der Waals surface area contributed by atoms with Gasteiger partial charge in [-0.25, -0.2) is 4.79 Å².